The van der Waals surface area contributed by atoms with Crippen molar-refractivity contribution < 1.29 is 19.2 Å². The number of nitro groups is 1. The zero-order valence-corrected chi connectivity index (χ0v) is 18.6. The van der Waals surface area contributed by atoms with Crippen LogP contribution in [0.1, 0.15) is 28.2 Å². The number of ether oxygens (including phenoxy) is 1. The van der Waals surface area contributed by atoms with Gasteiger partial charge >= 0.3 is 0 Å². The van der Waals surface area contributed by atoms with Gasteiger partial charge < -0.3 is 10.1 Å². The molecule has 1 atom stereocenters. The molecule has 1 fully saturated rings. The van der Waals surface area contributed by atoms with Crippen LogP contribution in [0.3, 0.4) is 0 Å². The first-order valence-corrected chi connectivity index (χ1v) is 11.3. The molecule has 9 heteroatoms. The Balaban J connectivity index is 1.53. The van der Waals surface area contributed by atoms with Crippen LogP contribution >= 0.6 is 11.8 Å². The van der Waals surface area contributed by atoms with E-state index in [1.54, 1.807) is 17.0 Å². The highest BCUT2D eigenvalue weighted by Gasteiger charge is 2.35. The van der Waals surface area contributed by atoms with Crippen LogP contribution in [-0.2, 0) is 4.79 Å². The lowest BCUT2D eigenvalue weighted by Gasteiger charge is -2.26. The highest BCUT2D eigenvalue weighted by molar-refractivity contribution is 8.00. The molecular weight excluding hydrogens is 442 g/mol. The number of non-ortho nitro benzene ring substituents is 1. The van der Waals surface area contributed by atoms with Gasteiger partial charge in [-0.05, 0) is 42.8 Å². The van der Waals surface area contributed by atoms with E-state index < -0.39 is 10.8 Å². The third-order valence-corrected chi connectivity index (χ3v) is 6.28. The summed E-state index contributed by atoms with van der Waals surface area (Å²) < 4.78 is 5.72. The van der Waals surface area contributed by atoms with E-state index in [-0.39, 0.29) is 22.5 Å². The van der Waals surface area contributed by atoms with Gasteiger partial charge in [-0.15, -0.1) is 11.8 Å². The van der Waals surface area contributed by atoms with Crippen molar-refractivity contribution in [3.05, 3.63) is 94.0 Å². The predicted molar refractivity (Wildman–Crippen MR) is 128 cm³/mol. The Labute approximate surface area is 194 Å². The van der Waals surface area contributed by atoms with Gasteiger partial charge in [0.15, 0.2) is 0 Å². The van der Waals surface area contributed by atoms with E-state index in [2.05, 4.69) is 5.32 Å². The average Bonchev–Trinajstić information content (AvgIpc) is 3.21. The van der Waals surface area contributed by atoms with Crippen molar-refractivity contribution in [2.24, 2.45) is 0 Å². The molecule has 1 N–H and O–H groups in total. The second kappa shape index (κ2) is 9.74. The molecule has 168 valence electrons. The number of hydrogen-bond acceptors (Lipinski definition) is 6. The van der Waals surface area contributed by atoms with E-state index in [0.29, 0.717) is 23.8 Å². The summed E-state index contributed by atoms with van der Waals surface area (Å²) in [5.74, 6) is 0.571. The number of nitrogens with zero attached hydrogens (tertiary/aromatic N) is 2. The standard InChI is InChI=1S/C24H21N3O5S/c1-2-32-21-9-4-3-8-20(21)26-22(28)15-33-24(26)16-10-12-18(13-11-16)25-23(29)17-6-5-7-19(14-17)27(30)31/h3-14,24H,2,15H2,1H3,(H,25,29)/t24-/m0/s1. The molecule has 8 nitrogen and oxygen atoms in total. The highest BCUT2D eigenvalue weighted by Crippen LogP contribution is 2.44. The molecule has 1 saturated heterocycles. The van der Waals surface area contributed by atoms with Crippen LogP contribution in [0.15, 0.2) is 72.8 Å². The van der Waals surface area contributed by atoms with Crippen molar-refractivity contribution in [3.63, 3.8) is 0 Å². The van der Waals surface area contributed by atoms with Gasteiger partial charge in [0.05, 0.1) is 23.0 Å². The molecule has 0 unspecified atom stereocenters. The second-order valence-corrected chi connectivity index (χ2v) is 8.28. The Bertz CT molecular complexity index is 1200. The number of hydrogen-bond donors (Lipinski definition) is 1. The van der Waals surface area contributed by atoms with Crippen molar-refractivity contribution >= 4 is 40.6 Å². The minimum Gasteiger partial charge on any atom is -0.492 e. The number of amides is 2. The summed E-state index contributed by atoms with van der Waals surface area (Å²) in [4.78, 5) is 37.4. The maximum Gasteiger partial charge on any atom is 0.270 e. The smallest absolute Gasteiger partial charge is 0.270 e. The fourth-order valence-corrected chi connectivity index (χ4v) is 4.73. The summed E-state index contributed by atoms with van der Waals surface area (Å²) in [5, 5.41) is 13.5. The summed E-state index contributed by atoms with van der Waals surface area (Å²) in [5.41, 5.74) is 2.23. The van der Waals surface area contributed by atoms with Gasteiger partial charge in [0.25, 0.3) is 11.6 Å². The Morgan fingerprint density at radius 1 is 1.15 bits per heavy atom. The number of carbonyl (C=O) groups excluding carboxylic acids is 2. The molecule has 1 aliphatic rings. The first kappa shape index (κ1) is 22.3. The molecule has 1 heterocycles. The number of rotatable bonds is 7. The molecule has 3 aromatic carbocycles. The minimum absolute atomic E-state index is 0.000189. The lowest BCUT2D eigenvalue weighted by atomic mass is 10.1. The van der Waals surface area contributed by atoms with E-state index in [0.717, 1.165) is 11.3 Å². The third-order valence-electron chi connectivity index (χ3n) is 5.07. The quantitative estimate of drug-likeness (QED) is 0.390. The van der Waals surface area contributed by atoms with Crippen molar-refractivity contribution in [2.75, 3.05) is 22.6 Å². The van der Waals surface area contributed by atoms with Crippen molar-refractivity contribution in [2.45, 2.75) is 12.3 Å². The summed E-state index contributed by atoms with van der Waals surface area (Å²) in [6.45, 7) is 2.39. The van der Waals surface area contributed by atoms with E-state index in [9.17, 15) is 19.7 Å². The van der Waals surface area contributed by atoms with Gasteiger partial charge in [0.1, 0.15) is 11.1 Å². The largest absolute Gasteiger partial charge is 0.492 e. The molecular formula is C24H21N3O5S. The minimum atomic E-state index is -0.540. The number of nitro benzene ring substituents is 1. The maximum atomic E-state index is 12.7. The Hall–Kier alpha value is -3.85. The molecule has 2 amide bonds. The highest BCUT2D eigenvalue weighted by atomic mass is 32.2. The van der Waals surface area contributed by atoms with Crippen LogP contribution < -0.4 is 15.0 Å². The van der Waals surface area contributed by atoms with Crippen LogP contribution in [0.4, 0.5) is 17.1 Å². The van der Waals surface area contributed by atoms with Crippen LogP contribution in [0.2, 0.25) is 0 Å². The second-order valence-electron chi connectivity index (χ2n) is 7.21. The summed E-state index contributed by atoms with van der Waals surface area (Å²) >= 11 is 1.52. The molecule has 33 heavy (non-hydrogen) atoms. The van der Waals surface area contributed by atoms with E-state index in [4.69, 9.17) is 4.74 Å². The van der Waals surface area contributed by atoms with Gasteiger partial charge in [0, 0.05) is 23.4 Å². The van der Waals surface area contributed by atoms with Crippen molar-refractivity contribution in [1.82, 2.24) is 0 Å². The average molecular weight is 464 g/mol. The van der Waals surface area contributed by atoms with E-state index >= 15 is 0 Å². The fraction of sp³-hybridized carbons (Fsp3) is 0.167. The molecule has 4 rings (SSSR count). The topological polar surface area (TPSA) is 102 Å². The number of nitrogens with one attached hydrogen (secondary N) is 1. The van der Waals surface area contributed by atoms with Crippen LogP contribution in [0, 0.1) is 10.1 Å². The summed E-state index contributed by atoms with van der Waals surface area (Å²) in [6.07, 6.45) is 0. The zero-order chi connectivity index (χ0) is 23.4. The van der Waals surface area contributed by atoms with Crippen molar-refractivity contribution in [1.29, 1.82) is 0 Å². The normalized spacial score (nSPS) is 15.4. The van der Waals surface area contributed by atoms with Crippen LogP contribution in [-0.4, -0.2) is 29.1 Å². The fourth-order valence-electron chi connectivity index (χ4n) is 3.56. The number of anilines is 2. The Morgan fingerprint density at radius 3 is 2.64 bits per heavy atom. The first-order chi connectivity index (χ1) is 16.0. The molecule has 0 radical (unpaired) electrons. The van der Waals surface area contributed by atoms with Gasteiger partial charge in [0.2, 0.25) is 5.91 Å². The molecule has 0 saturated carbocycles. The summed E-state index contributed by atoms with van der Waals surface area (Å²) in [6, 6.07) is 20.2. The molecule has 3 aromatic rings. The van der Waals surface area contributed by atoms with E-state index in [1.165, 1.54) is 36.0 Å². The lowest BCUT2D eigenvalue weighted by Crippen LogP contribution is -2.28. The van der Waals surface area contributed by atoms with Crippen LogP contribution in [0.25, 0.3) is 0 Å². The Morgan fingerprint density at radius 2 is 1.91 bits per heavy atom. The number of carbonyl (C=O) groups is 2. The maximum absolute atomic E-state index is 12.7. The number of benzene rings is 3. The van der Waals surface area contributed by atoms with Gasteiger partial charge in [-0.25, -0.2) is 0 Å². The van der Waals surface area contributed by atoms with Crippen LogP contribution in [0.5, 0.6) is 5.75 Å². The van der Waals surface area contributed by atoms with E-state index in [1.807, 2.05) is 43.3 Å². The lowest BCUT2D eigenvalue weighted by molar-refractivity contribution is -0.384. The number of para-hydroxylation sites is 2. The number of thioether (sulfide) groups is 1. The molecule has 0 aromatic heterocycles. The molecule has 0 aliphatic carbocycles. The predicted octanol–water partition coefficient (Wildman–Crippen LogP) is 5.02. The Kier molecular flexibility index (Phi) is 6.60. The van der Waals surface area contributed by atoms with Gasteiger partial charge in [-0.1, -0.05) is 30.3 Å². The van der Waals surface area contributed by atoms with Gasteiger partial charge in [-0.2, -0.15) is 0 Å². The SMILES string of the molecule is CCOc1ccccc1N1C(=O)CS[C@H]1c1ccc(NC(=O)c2cccc([N+](=O)[O-])c2)cc1. The molecule has 0 spiro atoms. The molecule has 1 aliphatic heterocycles. The summed E-state index contributed by atoms with van der Waals surface area (Å²) in [7, 11) is 0. The first-order valence-electron chi connectivity index (χ1n) is 10.3. The molecule has 0 bridgehead atoms. The van der Waals surface area contributed by atoms with Gasteiger partial charge in [-0.3, -0.25) is 24.6 Å². The monoisotopic (exact) mass is 463 g/mol. The zero-order valence-electron chi connectivity index (χ0n) is 17.8. The van der Waals surface area contributed by atoms with Crippen molar-refractivity contribution in [3.8, 4) is 5.75 Å². The third kappa shape index (κ3) is 4.83.